The summed E-state index contributed by atoms with van der Waals surface area (Å²) in [6.07, 6.45) is 1.92. The first-order valence-electron chi connectivity index (χ1n) is 12.2. The molecular formula is C29H28N4O3. The van der Waals surface area contributed by atoms with Crippen LogP contribution in [-0.2, 0) is 4.79 Å². The largest absolute Gasteiger partial charge is 0.436 e. The number of carbonyl (C=O) groups excluding carboxylic acids is 2. The van der Waals surface area contributed by atoms with Crippen LogP contribution in [0.1, 0.15) is 16.8 Å². The summed E-state index contributed by atoms with van der Waals surface area (Å²) in [5.74, 6) is 0.814. The number of amides is 2. The van der Waals surface area contributed by atoms with Crippen LogP contribution in [0.4, 0.5) is 5.69 Å². The van der Waals surface area contributed by atoms with Crippen LogP contribution < -0.4 is 10.2 Å². The van der Waals surface area contributed by atoms with Crippen molar-refractivity contribution in [3.8, 4) is 22.8 Å². The average Bonchev–Trinajstić information content (AvgIpc) is 3.44. The number of rotatable bonds is 7. The molecule has 36 heavy (non-hydrogen) atoms. The lowest BCUT2D eigenvalue weighted by Gasteiger charge is -2.36. The SMILES string of the molecule is O=C(NCCC(=O)N1CCN(c2ccccc2)CC1)c1ccccc1-c1ncc(-c2ccccc2)o1. The van der Waals surface area contributed by atoms with Gasteiger partial charge in [-0.15, -0.1) is 0 Å². The van der Waals surface area contributed by atoms with E-state index in [-0.39, 0.29) is 24.8 Å². The first kappa shape index (κ1) is 23.4. The second kappa shape index (κ2) is 10.9. The Bertz CT molecular complexity index is 1310. The number of piperazine rings is 1. The summed E-state index contributed by atoms with van der Waals surface area (Å²) in [7, 11) is 0. The maximum absolute atomic E-state index is 13.0. The summed E-state index contributed by atoms with van der Waals surface area (Å²) in [5, 5.41) is 2.89. The Balaban J connectivity index is 1.15. The quantitative estimate of drug-likeness (QED) is 0.422. The minimum absolute atomic E-state index is 0.0523. The van der Waals surface area contributed by atoms with Crippen molar-refractivity contribution >= 4 is 17.5 Å². The molecule has 0 spiro atoms. The highest BCUT2D eigenvalue weighted by molar-refractivity contribution is 6.00. The second-order valence-electron chi connectivity index (χ2n) is 8.65. The predicted octanol–water partition coefficient (Wildman–Crippen LogP) is 4.48. The molecule has 0 saturated carbocycles. The van der Waals surface area contributed by atoms with Crippen molar-refractivity contribution in [2.24, 2.45) is 0 Å². The normalized spacial score (nSPS) is 13.4. The number of carbonyl (C=O) groups is 2. The number of nitrogens with zero attached hydrogens (tertiary/aromatic N) is 3. The fraction of sp³-hybridized carbons (Fsp3) is 0.207. The molecule has 2 amide bonds. The van der Waals surface area contributed by atoms with E-state index >= 15 is 0 Å². The lowest BCUT2D eigenvalue weighted by molar-refractivity contribution is -0.131. The van der Waals surface area contributed by atoms with Crippen molar-refractivity contribution in [3.05, 3.63) is 96.7 Å². The number of para-hydroxylation sites is 1. The van der Waals surface area contributed by atoms with Crippen molar-refractivity contribution in [1.29, 1.82) is 0 Å². The van der Waals surface area contributed by atoms with Gasteiger partial charge in [-0.05, 0) is 24.3 Å². The molecule has 1 fully saturated rings. The van der Waals surface area contributed by atoms with Gasteiger partial charge >= 0.3 is 0 Å². The molecule has 0 bridgehead atoms. The van der Waals surface area contributed by atoms with Gasteiger partial charge in [0.25, 0.3) is 5.91 Å². The maximum atomic E-state index is 13.0. The summed E-state index contributed by atoms with van der Waals surface area (Å²) < 4.78 is 5.95. The third-order valence-corrected chi connectivity index (χ3v) is 6.34. The number of aromatic nitrogens is 1. The Kier molecular flexibility index (Phi) is 7.07. The zero-order valence-electron chi connectivity index (χ0n) is 20.0. The van der Waals surface area contributed by atoms with Gasteiger partial charge in [-0.25, -0.2) is 4.98 Å². The van der Waals surface area contributed by atoms with Crippen LogP contribution in [0.15, 0.2) is 95.5 Å². The summed E-state index contributed by atoms with van der Waals surface area (Å²) in [5.41, 5.74) is 3.17. The number of nitrogens with one attached hydrogen (secondary N) is 1. The Morgan fingerprint density at radius 2 is 1.50 bits per heavy atom. The molecule has 1 N–H and O–H groups in total. The van der Waals surface area contributed by atoms with E-state index in [4.69, 9.17) is 4.42 Å². The van der Waals surface area contributed by atoms with Crippen LogP contribution in [-0.4, -0.2) is 54.4 Å². The maximum Gasteiger partial charge on any atom is 0.252 e. The molecular weight excluding hydrogens is 452 g/mol. The summed E-state index contributed by atoms with van der Waals surface area (Å²) in [6.45, 7) is 3.23. The average molecular weight is 481 g/mol. The van der Waals surface area contributed by atoms with Crippen LogP contribution in [0.25, 0.3) is 22.8 Å². The molecule has 0 unspecified atom stereocenters. The molecule has 182 valence electrons. The van der Waals surface area contributed by atoms with Gasteiger partial charge < -0.3 is 19.5 Å². The molecule has 7 heteroatoms. The first-order chi connectivity index (χ1) is 17.7. The van der Waals surface area contributed by atoms with E-state index in [1.165, 1.54) is 5.69 Å². The van der Waals surface area contributed by atoms with Gasteiger partial charge in [-0.1, -0.05) is 60.7 Å². The predicted molar refractivity (Wildman–Crippen MR) is 140 cm³/mol. The highest BCUT2D eigenvalue weighted by atomic mass is 16.4. The van der Waals surface area contributed by atoms with Crippen molar-refractivity contribution in [2.45, 2.75) is 6.42 Å². The van der Waals surface area contributed by atoms with Crippen LogP contribution >= 0.6 is 0 Å². The van der Waals surface area contributed by atoms with E-state index in [0.29, 0.717) is 35.9 Å². The smallest absolute Gasteiger partial charge is 0.252 e. The van der Waals surface area contributed by atoms with E-state index < -0.39 is 0 Å². The highest BCUT2D eigenvalue weighted by Crippen LogP contribution is 2.28. The molecule has 0 radical (unpaired) electrons. The number of anilines is 1. The zero-order valence-corrected chi connectivity index (χ0v) is 20.0. The third-order valence-electron chi connectivity index (χ3n) is 6.34. The van der Waals surface area contributed by atoms with E-state index in [9.17, 15) is 9.59 Å². The first-order valence-corrected chi connectivity index (χ1v) is 12.2. The standard InChI is InChI=1S/C29H28N4O3/c34-27(33-19-17-32(18-20-33)23-11-5-2-6-12-23)15-16-30-28(35)24-13-7-8-14-25(24)29-31-21-26(36-29)22-9-3-1-4-10-22/h1-14,21H,15-20H2,(H,30,35). The van der Waals surface area contributed by atoms with Gasteiger partial charge in [-0.3, -0.25) is 9.59 Å². The molecule has 0 aliphatic carbocycles. The Labute approximate surface area is 210 Å². The number of oxazole rings is 1. The minimum Gasteiger partial charge on any atom is -0.436 e. The van der Waals surface area contributed by atoms with Crippen LogP contribution in [0.3, 0.4) is 0 Å². The number of hydrogen-bond acceptors (Lipinski definition) is 5. The second-order valence-corrected chi connectivity index (χ2v) is 8.65. The lowest BCUT2D eigenvalue weighted by Crippen LogP contribution is -2.49. The molecule has 2 heterocycles. The van der Waals surface area contributed by atoms with Crippen LogP contribution in [0.2, 0.25) is 0 Å². The Morgan fingerprint density at radius 3 is 2.25 bits per heavy atom. The van der Waals surface area contributed by atoms with Gasteiger partial charge in [0.15, 0.2) is 5.76 Å². The van der Waals surface area contributed by atoms with E-state index in [0.717, 1.165) is 18.7 Å². The lowest BCUT2D eigenvalue weighted by atomic mass is 10.1. The molecule has 0 atom stereocenters. The van der Waals surface area contributed by atoms with Crippen molar-refractivity contribution in [2.75, 3.05) is 37.6 Å². The van der Waals surface area contributed by atoms with Crippen LogP contribution in [0.5, 0.6) is 0 Å². The Morgan fingerprint density at radius 1 is 0.833 bits per heavy atom. The topological polar surface area (TPSA) is 78.7 Å². The fourth-order valence-corrected chi connectivity index (χ4v) is 4.39. The molecule has 4 aromatic rings. The van der Waals surface area contributed by atoms with Crippen molar-refractivity contribution in [3.63, 3.8) is 0 Å². The molecule has 5 rings (SSSR count). The number of hydrogen-bond donors (Lipinski definition) is 1. The fourth-order valence-electron chi connectivity index (χ4n) is 4.39. The molecule has 3 aromatic carbocycles. The summed E-state index contributed by atoms with van der Waals surface area (Å²) in [6, 6.07) is 27.1. The van der Waals surface area contributed by atoms with Crippen LogP contribution in [0, 0.1) is 0 Å². The molecule has 7 nitrogen and oxygen atoms in total. The molecule has 1 aliphatic heterocycles. The van der Waals surface area contributed by atoms with E-state index in [1.54, 1.807) is 18.3 Å². The zero-order chi connectivity index (χ0) is 24.7. The number of benzene rings is 3. The van der Waals surface area contributed by atoms with Gasteiger partial charge in [0, 0.05) is 56.0 Å². The van der Waals surface area contributed by atoms with E-state index in [2.05, 4.69) is 27.3 Å². The van der Waals surface area contributed by atoms with E-state index in [1.807, 2.05) is 65.6 Å². The minimum atomic E-state index is -0.258. The molecule has 1 saturated heterocycles. The molecule has 1 aliphatic rings. The molecule has 1 aromatic heterocycles. The summed E-state index contributed by atoms with van der Waals surface area (Å²) >= 11 is 0. The monoisotopic (exact) mass is 480 g/mol. The van der Waals surface area contributed by atoms with Gasteiger partial charge in [-0.2, -0.15) is 0 Å². The van der Waals surface area contributed by atoms with Gasteiger partial charge in [0.1, 0.15) is 0 Å². The van der Waals surface area contributed by atoms with Gasteiger partial charge in [0.05, 0.1) is 11.8 Å². The third kappa shape index (κ3) is 5.30. The Hall–Kier alpha value is -4.39. The van der Waals surface area contributed by atoms with Crippen molar-refractivity contribution < 1.29 is 14.0 Å². The van der Waals surface area contributed by atoms with Crippen molar-refractivity contribution in [1.82, 2.24) is 15.2 Å². The summed E-state index contributed by atoms with van der Waals surface area (Å²) in [4.78, 5) is 34.2. The van der Waals surface area contributed by atoms with Gasteiger partial charge in [0.2, 0.25) is 11.8 Å². The highest BCUT2D eigenvalue weighted by Gasteiger charge is 2.22.